The number of methoxy groups -OCH3 is 1. The minimum absolute atomic E-state index is 0.0187. The number of pyridine rings is 1. The lowest BCUT2D eigenvalue weighted by Crippen LogP contribution is -2.16. The van der Waals surface area contributed by atoms with Crippen molar-refractivity contribution in [3.8, 4) is 23.0 Å². The van der Waals surface area contributed by atoms with Crippen molar-refractivity contribution < 1.29 is 18.7 Å². The maximum atomic E-state index is 12.9. The number of nitrogens with two attached hydrogens (primary N) is 1. The summed E-state index contributed by atoms with van der Waals surface area (Å²) in [6.45, 7) is -0.0187. The lowest BCUT2D eigenvalue weighted by Gasteiger charge is -2.16. The minimum Gasteiger partial charge on any atom is -0.493 e. The maximum Gasteiger partial charge on any atom is 0.278 e. The molecule has 8 nitrogen and oxygen atoms in total. The van der Waals surface area contributed by atoms with E-state index in [4.69, 9.17) is 42.8 Å². The number of halogens is 2. The molecule has 3 N–H and O–H groups in total. The van der Waals surface area contributed by atoms with E-state index >= 15 is 0 Å². The number of hydrogen-bond acceptors (Lipinski definition) is 7. The summed E-state index contributed by atoms with van der Waals surface area (Å²) in [5.74, 6) is 1.14. The molecule has 1 fully saturated rings. The van der Waals surface area contributed by atoms with Crippen LogP contribution in [0.25, 0.3) is 11.5 Å². The second-order valence-electron chi connectivity index (χ2n) is 7.32. The summed E-state index contributed by atoms with van der Waals surface area (Å²) in [4.78, 5) is 21.1. The first-order chi connectivity index (χ1) is 15.5. The van der Waals surface area contributed by atoms with E-state index in [2.05, 4.69) is 15.3 Å². The molecule has 0 saturated heterocycles. The fourth-order valence-corrected chi connectivity index (χ4v) is 4.04. The van der Waals surface area contributed by atoms with Crippen LogP contribution < -0.4 is 20.5 Å². The first-order valence-corrected chi connectivity index (χ1v) is 10.9. The second kappa shape index (κ2) is 9.77. The fraction of sp³-hybridized carbons (Fsp3) is 0.318. The number of carbonyl (C=O) groups is 1. The van der Waals surface area contributed by atoms with Crippen LogP contribution in [0.4, 0.5) is 5.69 Å². The molecule has 10 heteroatoms. The molecule has 2 aromatic heterocycles. The van der Waals surface area contributed by atoms with Crippen LogP contribution in [0.15, 0.2) is 35.0 Å². The van der Waals surface area contributed by atoms with Gasteiger partial charge in [-0.2, -0.15) is 0 Å². The molecule has 2 heterocycles. The molecule has 32 heavy (non-hydrogen) atoms. The molecule has 1 aliphatic rings. The topological polar surface area (TPSA) is 112 Å². The fourth-order valence-electron chi connectivity index (χ4n) is 3.58. The van der Waals surface area contributed by atoms with Crippen molar-refractivity contribution in [2.24, 2.45) is 5.73 Å². The number of benzene rings is 1. The number of carbonyl (C=O) groups excluding carboxylic acids is 1. The van der Waals surface area contributed by atoms with Gasteiger partial charge in [-0.3, -0.25) is 9.78 Å². The van der Waals surface area contributed by atoms with Crippen LogP contribution in [0.1, 0.15) is 41.9 Å². The van der Waals surface area contributed by atoms with Gasteiger partial charge < -0.3 is 24.9 Å². The highest BCUT2D eigenvalue weighted by molar-refractivity contribution is 6.39. The molecule has 0 atom stereocenters. The first-order valence-electron chi connectivity index (χ1n) is 10.1. The molecule has 0 unspecified atom stereocenters. The van der Waals surface area contributed by atoms with Crippen molar-refractivity contribution in [3.05, 3.63) is 52.1 Å². The number of oxazole rings is 1. The normalized spacial score (nSPS) is 13.9. The SMILES string of the molecule is COc1ccc(-c2nc(C(=O)Nc3c(Cl)cncc3Cl)c(CN)o2)cc1OC1CCCC1. The summed E-state index contributed by atoms with van der Waals surface area (Å²) in [6, 6.07) is 5.36. The van der Waals surface area contributed by atoms with Crippen molar-refractivity contribution in [2.45, 2.75) is 38.3 Å². The van der Waals surface area contributed by atoms with Gasteiger partial charge in [-0.05, 0) is 43.9 Å². The third-order valence-electron chi connectivity index (χ3n) is 5.20. The second-order valence-corrected chi connectivity index (χ2v) is 8.13. The minimum atomic E-state index is -0.550. The van der Waals surface area contributed by atoms with Gasteiger partial charge in [-0.15, -0.1) is 0 Å². The Morgan fingerprint density at radius 3 is 2.59 bits per heavy atom. The molecule has 3 aromatic rings. The van der Waals surface area contributed by atoms with Gasteiger partial charge in [0.25, 0.3) is 5.91 Å². The van der Waals surface area contributed by atoms with Crippen molar-refractivity contribution >= 4 is 34.8 Å². The van der Waals surface area contributed by atoms with Crippen molar-refractivity contribution in [1.29, 1.82) is 0 Å². The van der Waals surface area contributed by atoms with Gasteiger partial charge in [-0.25, -0.2) is 4.98 Å². The molecule has 0 bridgehead atoms. The van der Waals surface area contributed by atoms with Gasteiger partial charge in [0.05, 0.1) is 35.5 Å². The molecular weight excluding hydrogens is 455 g/mol. The first kappa shape index (κ1) is 22.4. The average molecular weight is 477 g/mol. The molecular formula is C22H22Cl2N4O4. The van der Waals surface area contributed by atoms with Gasteiger partial charge in [0, 0.05) is 18.0 Å². The Labute approximate surface area is 195 Å². The molecule has 0 radical (unpaired) electrons. The molecule has 1 saturated carbocycles. The predicted molar refractivity (Wildman–Crippen MR) is 121 cm³/mol. The molecule has 0 aliphatic heterocycles. The monoisotopic (exact) mass is 476 g/mol. The summed E-state index contributed by atoms with van der Waals surface area (Å²) >= 11 is 12.2. The van der Waals surface area contributed by atoms with E-state index in [1.807, 2.05) is 0 Å². The summed E-state index contributed by atoms with van der Waals surface area (Å²) in [7, 11) is 1.59. The highest BCUT2D eigenvalue weighted by Gasteiger charge is 2.24. The molecule has 168 valence electrons. The van der Waals surface area contributed by atoms with Crippen molar-refractivity contribution in [3.63, 3.8) is 0 Å². The number of nitrogens with one attached hydrogen (secondary N) is 1. The van der Waals surface area contributed by atoms with Gasteiger partial charge >= 0.3 is 0 Å². The number of amides is 1. The Morgan fingerprint density at radius 1 is 1.22 bits per heavy atom. The third-order valence-corrected chi connectivity index (χ3v) is 5.77. The van der Waals surface area contributed by atoms with E-state index < -0.39 is 5.91 Å². The number of nitrogens with zero attached hydrogens (tertiary/aromatic N) is 2. The van der Waals surface area contributed by atoms with Crippen LogP contribution >= 0.6 is 23.2 Å². The smallest absolute Gasteiger partial charge is 0.278 e. The van der Waals surface area contributed by atoms with E-state index in [0.717, 1.165) is 25.7 Å². The number of aromatic nitrogens is 2. The zero-order valence-corrected chi connectivity index (χ0v) is 18.9. The molecule has 0 spiro atoms. The Kier molecular flexibility index (Phi) is 6.83. The zero-order chi connectivity index (χ0) is 22.7. The zero-order valence-electron chi connectivity index (χ0n) is 17.4. The van der Waals surface area contributed by atoms with Crippen molar-refractivity contribution in [2.75, 3.05) is 12.4 Å². The summed E-state index contributed by atoms with van der Waals surface area (Å²) < 4.78 is 17.4. The number of anilines is 1. The van der Waals surface area contributed by atoms with Gasteiger partial charge in [-0.1, -0.05) is 23.2 Å². The number of rotatable bonds is 7. The molecule has 1 amide bonds. The summed E-state index contributed by atoms with van der Waals surface area (Å²) in [6.07, 6.45) is 7.23. The van der Waals surface area contributed by atoms with E-state index in [0.29, 0.717) is 17.1 Å². The summed E-state index contributed by atoms with van der Waals surface area (Å²) in [5.41, 5.74) is 6.70. The van der Waals surface area contributed by atoms with Crippen LogP contribution in [0, 0.1) is 0 Å². The Balaban J connectivity index is 1.63. The van der Waals surface area contributed by atoms with Crippen LogP contribution in [-0.4, -0.2) is 29.1 Å². The van der Waals surface area contributed by atoms with Crippen LogP contribution in [0.2, 0.25) is 10.0 Å². The Bertz CT molecular complexity index is 1110. The Hall–Kier alpha value is -2.81. The lowest BCUT2D eigenvalue weighted by molar-refractivity contribution is 0.102. The third kappa shape index (κ3) is 4.67. The number of ether oxygens (including phenoxy) is 2. The molecule has 4 rings (SSSR count). The van der Waals surface area contributed by atoms with Crippen LogP contribution in [0.5, 0.6) is 11.5 Å². The molecule has 1 aromatic carbocycles. The Morgan fingerprint density at radius 2 is 1.94 bits per heavy atom. The van der Waals surface area contributed by atoms with Crippen molar-refractivity contribution in [1.82, 2.24) is 9.97 Å². The lowest BCUT2D eigenvalue weighted by atomic mass is 10.2. The van der Waals surface area contributed by atoms with Crippen LogP contribution in [0.3, 0.4) is 0 Å². The largest absolute Gasteiger partial charge is 0.493 e. The number of hydrogen-bond donors (Lipinski definition) is 2. The highest BCUT2D eigenvalue weighted by atomic mass is 35.5. The maximum absolute atomic E-state index is 12.9. The quantitative estimate of drug-likeness (QED) is 0.488. The van der Waals surface area contributed by atoms with E-state index in [1.54, 1.807) is 25.3 Å². The van der Waals surface area contributed by atoms with Gasteiger partial charge in [0.2, 0.25) is 5.89 Å². The van der Waals surface area contributed by atoms with E-state index in [9.17, 15) is 4.79 Å². The van der Waals surface area contributed by atoms with Crippen LogP contribution in [-0.2, 0) is 6.54 Å². The van der Waals surface area contributed by atoms with E-state index in [-0.39, 0.29) is 45.7 Å². The molecule has 1 aliphatic carbocycles. The van der Waals surface area contributed by atoms with Gasteiger partial charge in [0.1, 0.15) is 0 Å². The van der Waals surface area contributed by atoms with E-state index in [1.165, 1.54) is 12.4 Å². The van der Waals surface area contributed by atoms with Gasteiger partial charge in [0.15, 0.2) is 23.0 Å². The standard InChI is InChI=1S/C22H22Cl2N4O4/c1-30-16-7-6-12(8-17(16)31-13-4-2-3-5-13)22-28-20(18(9-25)32-22)21(29)27-19-14(23)10-26-11-15(19)24/h6-8,10-11,13H,2-5,9,25H2,1H3,(H,26,27,29). The average Bonchev–Trinajstić information content (AvgIpc) is 3.46. The highest BCUT2D eigenvalue weighted by Crippen LogP contribution is 2.36. The predicted octanol–water partition coefficient (Wildman–Crippen LogP) is 5.08. The summed E-state index contributed by atoms with van der Waals surface area (Å²) in [5, 5.41) is 3.05.